The van der Waals surface area contributed by atoms with E-state index in [1.165, 1.54) is 22.3 Å². The monoisotopic (exact) mass is 940 g/mol. The molecule has 0 saturated heterocycles. The van der Waals surface area contributed by atoms with E-state index < -0.39 is 0 Å². The van der Waals surface area contributed by atoms with Crippen molar-refractivity contribution in [3.63, 3.8) is 0 Å². The molecule has 0 aliphatic carbocycles. The van der Waals surface area contributed by atoms with E-state index in [1.807, 2.05) is 0 Å². The highest BCUT2D eigenvalue weighted by atomic mass is 15.3. The van der Waals surface area contributed by atoms with Gasteiger partial charge in [-0.2, -0.15) is 0 Å². The fraction of sp³-hybridized carbons (Fsp3) is 0.161. The molecule has 0 unspecified atom stereocenters. The Balaban J connectivity index is 0.955. The van der Waals surface area contributed by atoms with Crippen LogP contribution in [0.5, 0.6) is 0 Å². The normalized spacial score (nSPS) is 11.9. The molecule has 10 heteroatoms. The number of rotatable bonds is 19. The number of hydrogen-bond acceptors (Lipinski definition) is 6. The Labute approximate surface area is 419 Å². The second-order valence-corrected chi connectivity index (χ2v) is 18.8. The number of imidazole rings is 4. The van der Waals surface area contributed by atoms with E-state index in [1.54, 1.807) is 0 Å². The third-order valence-corrected chi connectivity index (χ3v) is 13.9. The van der Waals surface area contributed by atoms with Gasteiger partial charge in [0.25, 0.3) is 0 Å². The third-order valence-electron chi connectivity index (χ3n) is 13.9. The van der Waals surface area contributed by atoms with Crippen molar-refractivity contribution in [3.8, 4) is 0 Å². The minimum Gasteiger partial charge on any atom is -0.322 e. The minimum absolute atomic E-state index is 0.614. The quantitative estimate of drug-likeness (QED) is 0.0804. The second-order valence-electron chi connectivity index (χ2n) is 18.8. The predicted octanol–water partition coefficient (Wildman–Crippen LogP) is 12.0. The van der Waals surface area contributed by atoms with Crippen LogP contribution in [0.15, 0.2) is 218 Å². The summed E-state index contributed by atoms with van der Waals surface area (Å²) in [5, 5.41) is 0. The molecule has 4 heterocycles. The van der Waals surface area contributed by atoms with Gasteiger partial charge in [-0.3, -0.25) is 9.80 Å². The number of para-hydroxylation sites is 8. The zero-order valence-corrected chi connectivity index (χ0v) is 40.3. The highest BCUT2D eigenvalue weighted by molar-refractivity contribution is 5.78. The van der Waals surface area contributed by atoms with Gasteiger partial charge in [0.05, 0.1) is 70.3 Å². The molecular weight excluding hydrogens is 885 g/mol. The number of hydrogen-bond donors (Lipinski definition) is 0. The van der Waals surface area contributed by atoms with Gasteiger partial charge in [-0.15, -0.1) is 0 Å². The van der Waals surface area contributed by atoms with Gasteiger partial charge in [0.1, 0.15) is 23.3 Å². The zero-order valence-electron chi connectivity index (χ0n) is 40.3. The van der Waals surface area contributed by atoms with Crippen LogP contribution in [0, 0.1) is 0 Å². The Hall–Kier alpha value is -8.44. The summed E-state index contributed by atoms with van der Waals surface area (Å²) in [6.45, 7) is 6.79. The molecule has 8 aromatic carbocycles. The van der Waals surface area contributed by atoms with Gasteiger partial charge >= 0.3 is 0 Å². The SMILES string of the molecule is c1ccc(Cn2c(CN(CCN(Cc3nc4ccccc4n3Cc3ccccc3)Cc3nc4ccccc4n3Cc3ccccc3)Cc3nc4ccccc4n3Cc3ccccc3)nc3ccccc32)cc1. The van der Waals surface area contributed by atoms with Gasteiger partial charge in [0.2, 0.25) is 0 Å². The van der Waals surface area contributed by atoms with E-state index in [0.29, 0.717) is 26.2 Å². The van der Waals surface area contributed by atoms with Crippen molar-refractivity contribution in [1.82, 2.24) is 48.0 Å². The molecule has 0 aliphatic heterocycles. The fourth-order valence-corrected chi connectivity index (χ4v) is 10.3. The Kier molecular flexibility index (Phi) is 12.7. The van der Waals surface area contributed by atoms with Gasteiger partial charge in [-0.05, 0) is 70.8 Å². The highest BCUT2D eigenvalue weighted by Gasteiger charge is 2.24. The zero-order chi connectivity index (χ0) is 48.1. The fourth-order valence-electron chi connectivity index (χ4n) is 10.3. The molecule has 4 aromatic heterocycles. The summed E-state index contributed by atoms with van der Waals surface area (Å²) in [7, 11) is 0. The van der Waals surface area contributed by atoms with Gasteiger partial charge in [0, 0.05) is 39.3 Å². The van der Waals surface area contributed by atoms with Gasteiger partial charge < -0.3 is 18.3 Å². The molecule has 12 aromatic rings. The van der Waals surface area contributed by atoms with Gasteiger partial charge in [-0.1, -0.05) is 170 Å². The summed E-state index contributed by atoms with van der Waals surface area (Å²) in [5.41, 5.74) is 13.4. The van der Waals surface area contributed by atoms with Crippen molar-refractivity contribution in [3.05, 3.63) is 264 Å². The average molecular weight is 941 g/mol. The smallest absolute Gasteiger partial charge is 0.124 e. The molecule has 0 spiro atoms. The van der Waals surface area contributed by atoms with Crippen LogP contribution in [-0.4, -0.2) is 61.1 Å². The van der Waals surface area contributed by atoms with Crippen LogP contribution in [0.2, 0.25) is 0 Å². The summed E-state index contributed by atoms with van der Waals surface area (Å²) in [4.78, 5) is 26.7. The molecule has 0 radical (unpaired) electrons. The third kappa shape index (κ3) is 9.70. The number of aromatic nitrogens is 8. The molecule has 0 atom stereocenters. The lowest BCUT2D eigenvalue weighted by Gasteiger charge is -2.28. The van der Waals surface area contributed by atoms with Crippen molar-refractivity contribution >= 4 is 44.1 Å². The predicted molar refractivity (Wildman–Crippen MR) is 289 cm³/mol. The van der Waals surface area contributed by atoms with Crippen LogP contribution >= 0.6 is 0 Å². The molecule has 0 amide bonds. The molecule has 354 valence electrons. The molecule has 0 N–H and O–H groups in total. The first kappa shape index (κ1) is 44.7. The molecule has 12 rings (SSSR count). The van der Waals surface area contributed by atoms with E-state index in [2.05, 4.69) is 246 Å². The van der Waals surface area contributed by atoms with Crippen molar-refractivity contribution in [2.24, 2.45) is 0 Å². The first-order chi connectivity index (χ1) is 35.6. The summed E-state index contributed by atoms with van der Waals surface area (Å²) >= 11 is 0. The number of benzene rings is 8. The Morgan fingerprint density at radius 3 is 0.694 bits per heavy atom. The Bertz CT molecular complexity index is 3230. The maximum atomic E-state index is 5.39. The van der Waals surface area contributed by atoms with Crippen LogP contribution in [0.3, 0.4) is 0 Å². The van der Waals surface area contributed by atoms with Crippen LogP contribution in [0.1, 0.15) is 45.6 Å². The molecule has 0 bridgehead atoms. The lowest BCUT2D eigenvalue weighted by Crippen LogP contribution is -2.36. The summed E-state index contributed by atoms with van der Waals surface area (Å²) in [5.74, 6) is 4.08. The van der Waals surface area contributed by atoms with Crippen LogP contribution < -0.4 is 0 Å². The van der Waals surface area contributed by atoms with E-state index in [-0.39, 0.29) is 0 Å². The standard InChI is InChI=1S/C62H56N10/c1-5-21-47(22-6-1)39-69-55-33-17-13-29-51(55)63-59(69)43-67(44-60-64-52-30-14-18-34-56(52)70(60)40-48-23-7-2-8-24-48)37-38-68(45-61-65-53-31-15-19-35-57(53)71(61)41-49-25-9-3-10-26-49)46-62-66-54-32-16-20-36-58(54)72(62)42-50-27-11-4-12-28-50/h1-36H,37-46H2. The van der Waals surface area contributed by atoms with Crippen molar-refractivity contribution in [2.45, 2.75) is 52.4 Å². The van der Waals surface area contributed by atoms with E-state index in [0.717, 1.165) is 107 Å². The summed E-state index contributed by atoms with van der Waals surface area (Å²) < 4.78 is 9.61. The molecular formula is C62H56N10. The largest absolute Gasteiger partial charge is 0.322 e. The average Bonchev–Trinajstić information content (AvgIpc) is 4.16. The van der Waals surface area contributed by atoms with E-state index >= 15 is 0 Å². The first-order valence-corrected chi connectivity index (χ1v) is 25.0. The Morgan fingerprint density at radius 2 is 0.458 bits per heavy atom. The molecule has 0 saturated carbocycles. The van der Waals surface area contributed by atoms with Crippen LogP contribution in [-0.2, 0) is 52.4 Å². The summed E-state index contributed by atoms with van der Waals surface area (Å²) in [6.07, 6.45) is 0. The van der Waals surface area contributed by atoms with Crippen LogP contribution in [0.25, 0.3) is 44.1 Å². The van der Waals surface area contributed by atoms with E-state index in [9.17, 15) is 0 Å². The van der Waals surface area contributed by atoms with Crippen molar-refractivity contribution in [1.29, 1.82) is 0 Å². The van der Waals surface area contributed by atoms with Gasteiger partial charge in [-0.25, -0.2) is 19.9 Å². The molecule has 0 fully saturated rings. The first-order valence-electron chi connectivity index (χ1n) is 25.0. The topological polar surface area (TPSA) is 77.8 Å². The Morgan fingerprint density at radius 1 is 0.250 bits per heavy atom. The lowest BCUT2D eigenvalue weighted by atomic mass is 10.2. The van der Waals surface area contributed by atoms with Crippen molar-refractivity contribution in [2.75, 3.05) is 13.1 Å². The van der Waals surface area contributed by atoms with Crippen LogP contribution in [0.4, 0.5) is 0 Å². The highest BCUT2D eigenvalue weighted by Crippen LogP contribution is 2.26. The maximum absolute atomic E-state index is 5.39. The minimum atomic E-state index is 0.614. The second kappa shape index (κ2) is 20.5. The molecule has 10 nitrogen and oxygen atoms in total. The maximum Gasteiger partial charge on any atom is 0.124 e. The summed E-state index contributed by atoms with van der Waals surface area (Å²) in [6, 6.07) is 77.1. The van der Waals surface area contributed by atoms with E-state index in [4.69, 9.17) is 19.9 Å². The lowest BCUT2D eigenvalue weighted by molar-refractivity contribution is 0.169. The number of fused-ring (bicyclic) bond motifs is 4. The molecule has 0 aliphatic rings. The van der Waals surface area contributed by atoms with Crippen molar-refractivity contribution < 1.29 is 0 Å². The number of nitrogens with zero attached hydrogens (tertiary/aromatic N) is 10. The molecule has 72 heavy (non-hydrogen) atoms. The van der Waals surface area contributed by atoms with Gasteiger partial charge in [0.15, 0.2) is 0 Å².